The predicted molar refractivity (Wildman–Crippen MR) is 69.3 cm³/mol. The van der Waals surface area contributed by atoms with Crippen LogP contribution in [0.1, 0.15) is 23.7 Å². The summed E-state index contributed by atoms with van der Waals surface area (Å²) in [5.74, 6) is -3.54. The highest BCUT2D eigenvalue weighted by Gasteiger charge is 2.24. The zero-order valence-electron chi connectivity index (χ0n) is 10.8. The third-order valence-electron chi connectivity index (χ3n) is 2.50. The monoisotopic (exact) mass is 278 g/mol. The molecule has 0 saturated heterocycles. The maximum Gasteiger partial charge on any atom is 0.338 e. The van der Waals surface area contributed by atoms with Crippen molar-refractivity contribution < 1.29 is 29.3 Å². The molecule has 1 atom stereocenters. The van der Waals surface area contributed by atoms with Gasteiger partial charge in [-0.15, -0.1) is 0 Å². The number of carbonyl (C=O) groups is 3. The molecule has 20 heavy (non-hydrogen) atoms. The first-order valence-corrected chi connectivity index (χ1v) is 5.89. The molecule has 1 rings (SSSR count). The van der Waals surface area contributed by atoms with Crippen molar-refractivity contribution >= 4 is 17.9 Å². The lowest BCUT2D eigenvalue weighted by atomic mass is 10.1. The van der Waals surface area contributed by atoms with Crippen LogP contribution in [0.3, 0.4) is 0 Å². The van der Waals surface area contributed by atoms with E-state index in [4.69, 9.17) is 14.9 Å². The lowest BCUT2D eigenvalue weighted by molar-refractivity contribution is -0.136. The molecule has 0 heterocycles. The topological polar surface area (TPSA) is 101 Å². The van der Waals surface area contributed by atoms with Gasteiger partial charge >= 0.3 is 17.9 Å². The first kappa shape index (κ1) is 15.4. The molecule has 2 N–H and O–H groups in total. The fourth-order valence-electron chi connectivity index (χ4n) is 1.56. The van der Waals surface area contributed by atoms with E-state index < -0.39 is 29.6 Å². The quantitative estimate of drug-likeness (QED) is 0.607. The van der Waals surface area contributed by atoms with Gasteiger partial charge < -0.3 is 14.9 Å². The first-order valence-electron chi connectivity index (χ1n) is 5.89. The van der Waals surface area contributed by atoms with E-state index in [1.165, 1.54) is 12.1 Å². The molecule has 0 fully saturated rings. The Labute approximate surface area is 115 Å². The lowest BCUT2D eigenvalue weighted by Crippen LogP contribution is -2.25. The smallest absolute Gasteiger partial charge is 0.338 e. The van der Waals surface area contributed by atoms with Crippen LogP contribution in [0.4, 0.5) is 0 Å². The molecule has 1 aromatic rings. The Morgan fingerprint density at radius 3 is 2.25 bits per heavy atom. The minimum absolute atomic E-state index is 0.157. The van der Waals surface area contributed by atoms with Gasteiger partial charge in [-0.25, -0.2) is 14.4 Å². The van der Waals surface area contributed by atoms with Crippen LogP contribution in [0.15, 0.2) is 42.0 Å². The molecule has 6 heteroatoms. The highest BCUT2D eigenvalue weighted by molar-refractivity contribution is 5.96. The number of carboxylic acid groups (broad SMARTS) is 2. The summed E-state index contributed by atoms with van der Waals surface area (Å²) in [5.41, 5.74) is -0.199. The Balaban J connectivity index is 2.93. The SMILES string of the molecule is CCC(OC(=O)c1ccccc1)/C(=C/C(=O)O)C(=O)O. The number of hydrogen-bond acceptors (Lipinski definition) is 4. The van der Waals surface area contributed by atoms with Crippen LogP contribution in [-0.2, 0) is 14.3 Å². The second-order valence-corrected chi connectivity index (χ2v) is 3.91. The van der Waals surface area contributed by atoms with Gasteiger partial charge in [0.05, 0.1) is 11.1 Å². The van der Waals surface area contributed by atoms with Gasteiger partial charge in [-0.3, -0.25) is 0 Å². The fraction of sp³-hybridized carbons (Fsp3) is 0.214. The van der Waals surface area contributed by atoms with Crippen molar-refractivity contribution in [1.82, 2.24) is 0 Å². The van der Waals surface area contributed by atoms with Gasteiger partial charge in [0, 0.05) is 6.08 Å². The second kappa shape index (κ2) is 7.08. The predicted octanol–water partition coefficient (Wildman–Crippen LogP) is 1.72. The highest BCUT2D eigenvalue weighted by atomic mass is 16.5. The molecule has 6 nitrogen and oxygen atoms in total. The van der Waals surface area contributed by atoms with Crippen molar-refractivity contribution in [2.75, 3.05) is 0 Å². The summed E-state index contributed by atoms with van der Waals surface area (Å²) >= 11 is 0. The van der Waals surface area contributed by atoms with E-state index in [-0.39, 0.29) is 12.0 Å². The maximum absolute atomic E-state index is 11.8. The Bertz CT molecular complexity index is 532. The van der Waals surface area contributed by atoms with Gasteiger partial charge in [0.15, 0.2) is 0 Å². The summed E-state index contributed by atoms with van der Waals surface area (Å²) in [6.07, 6.45) is -0.421. The summed E-state index contributed by atoms with van der Waals surface area (Å²) in [4.78, 5) is 33.5. The molecule has 0 radical (unpaired) electrons. The molecule has 0 aliphatic rings. The van der Waals surface area contributed by atoms with E-state index >= 15 is 0 Å². The standard InChI is InChI=1S/C14H14O6/c1-2-11(10(13(17)18)8-12(15)16)20-14(19)9-6-4-3-5-7-9/h3-8,11H,2H2,1H3,(H,15,16)(H,17,18)/b10-8-. The molecule has 0 aliphatic heterocycles. The third kappa shape index (κ3) is 4.24. The first-order chi connectivity index (χ1) is 9.45. The van der Waals surface area contributed by atoms with Crippen molar-refractivity contribution in [3.63, 3.8) is 0 Å². The number of esters is 1. The van der Waals surface area contributed by atoms with Crippen LogP contribution >= 0.6 is 0 Å². The van der Waals surface area contributed by atoms with E-state index in [0.717, 1.165) is 0 Å². The molecule has 0 spiro atoms. The molecule has 0 bridgehead atoms. The average Bonchev–Trinajstić information content (AvgIpc) is 2.42. The van der Waals surface area contributed by atoms with Crippen LogP contribution in [0.25, 0.3) is 0 Å². The van der Waals surface area contributed by atoms with Gasteiger partial charge in [0.25, 0.3) is 0 Å². The number of carboxylic acids is 2. The van der Waals surface area contributed by atoms with Crippen molar-refractivity contribution in [2.45, 2.75) is 19.4 Å². The van der Waals surface area contributed by atoms with Crippen LogP contribution in [-0.4, -0.2) is 34.2 Å². The van der Waals surface area contributed by atoms with E-state index in [0.29, 0.717) is 6.08 Å². The number of rotatable bonds is 6. The summed E-state index contributed by atoms with van der Waals surface area (Å²) in [7, 11) is 0. The van der Waals surface area contributed by atoms with E-state index in [1.54, 1.807) is 25.1 Å². The van der Waals surface area contributed by atoms with Crippen LogP contribution < -0.4 is 0 Å². The number of aliphatic carboxylic acids is 2. The molecule has 1 unspecified atom stereocenters. The number of carbonyl (C=O) groups excluding carboxylic acids is 1. The van der Waals surface area contributed by atoms with Crippen molar-refractivity contribution in [3.8, 4) is 0 Å². The van der Waals surface area contributed by atoms with E-state index in [1.807, 2.05) is 0 Å². The number of hydrogen-bond donors (Lipinski definition) is 2. The van der Waals surface area contributed by atoms with Crippen molar-refractivity contribution in [2.24, 2.45) is 0 Å². The molecule has 0 saturated carbocycles. The summed E-state index contributed by atoms with van der Waals surface area (Å²) in [5, 5.41) is 17.6. The molecule has 106 valence electrons. The fourth-order valence-corrected chi connectivity index (χ4v) is 1.56. The van der Waals surface area contributed by atoms with Crippen LogP contribution in [0, 0.1) is 0 Å². The number of benzene rings is 1. The zero-order valence-corrected chi connectivity index (χ0v) is 10.8. The largest absolute Gasteiger partial charge is 0.478 e. The minimum Gasteiger partial charge on any atom is -0.478 e. The normalized spacial score (nSPS) is 12.6. The van der Waals surface area contributed by atoms with Gasteiger partial charge in [-0.05, 0) is 18.6 Å². The molecular weight excluding hydrogens is 264 g/mol. The molecule has 0 aliphatic carbocycles. The number of ether oxygens (including phenoxy) is 1. The van der Waals surface area contributed by atoms with Gasteiger partial charge in [0.1, 0.15) is 6.10 Å². The van der Waals surface area contributed by atoms with Crippen molar-refractivity contribution in [1.29, 1.82) is 0 Å². The Morgan fingerprint density at radius 2 is 1.80 bits per heavy atom. The molecule has 0 aromatic heterocycles. The average molecular weight is 278 g/mol. The zero-order chi connectivity index (χ0) is 15.1. The molecule has 1 aromatic carbocycles. The van der Waals surface area contributed by atoms with Crippen LogP contribution in [0.5, 0.6) is 0 Å². The van der Waals surface area contributed by atoms with Crippen LogP contribution in [0.2, 0.25) is 0 Å². The van der Waals surface area contributed by atoms with Crippen molar-refractivity contribution in [3.05, 3.63) is 47.5 Å². The minimum atomic E-state index is -1.43. The van der Waals surface area contributed by atoms with Gasteiger partial charge in [0.2, 0.25) is 0 Å². The van der Waals surface area contributed by atoms with E-state index in [9.17, 15) is 14.4 Å². The highest BCUT2D eigenvalue weighted by Crippen LogP contribution is 2.14. The Kier molecular flexibility index (Phi) is 5.46. The third-order valence-corrected chi connectivity index (χ3v) is 2.50. The Hall–Kier alpha value is -2.63. The molecular formula is C14H14O6. The lowest BCUT2D eigenvalue weighted by Gasteiger charge is -2.16. The summed E-state index contributed by atoms with van der Waals surface area (Å²) in [6, 6.07) is 8.05. The summed E-state index contributed by atoms with van der Waals surface area (Å²) < 4.78 is 5.06. The maximum atomic E-state index is 11.8. The Morgan fingerprint density at radius 1 is 1.20 bits per heavy atom. The van der Waals surface area contributed by atoms with Gasteiger partial charge in [-0.1, -0.05) is 25.1 Å². The van der Waals surface area contributed by atoms with Gasteiger partial charge in [-0.2, -0.15) is 0 Å². The second-order valence-electron chi connectivity index (χ2n) is 3.91. The summed E-state index contributed by atoms with van der Waals surface area (Å²) in [6.45, 7) is 1.60. The van der Waals surface area contributed by atoms with E-state index in [2.05, 4.69) is 0 Å². The molecule has 0 amide bonds.